The number of anilines is 2. The normalized spacial score (nSPS) is 16.9. The number of nitrogens with one attached hydrogen (secondary N) is 2. The molecular weight excluding hydrogens is 417 g/mol. The van der Waals surface area contributed by atoms with E-state index in [1.807, 2.05) is 0 Å². The molecule has 0 aliphatic carbocycles. The molecule has 1 fully saturated rings. The van der Waals surface area contributed by atoms with Crippen LogP contribution in [0.4, 0.5) is 24.3 Å². The lowest BCUT2D eigenvalue weighted by atomic mass is 10.1. The zero-order valence-corrected chi connectivity index (χ0v) is 16.7. The predicted molar refractivity (Wildman–Crippen MR) is 101 cm³/mol. The predicted octanol–water partition coefficient (Wildman–Crippen LogP) is 2.50. The lowest BCUT2D eigenvalue weighted by Crippen LogP contribution is -2.42. The highest BCUT2D eigenvalue weighted by Gasteiger charge is 2.36. The van der Waals surface area contributed by atoms with E-state index in [1.54, 1.807) is 7.05 Å². The summed E-state index contributed by atoms with van der Waals surface area (Å²) in [4.78, 5) is 12.2. The van der Waals surface area contributed by atoms with Crippen molar-refractivity contribution in [3.05, 3.63) is 18.0 Å². The van der Waals surface area contributed by atoms with Crippen LogP contribution in [0, 0.1) is 0 Å². The minimum Gasteiger partial charge on any atom is -0.365 e. The van der Waals surface area contributed by atoms with E-state index >= 15 is 0 Å². The molecule has 28 heavy (non-hydrogen) atoms. The molecule has 1 aliphatic heterocycles. The summed E-state index contributed by atoms with van der Waals surface area (Å²) >= 11 is 1.06. The van der Waals surface area contributed by atoms with E-state index in [2.05, 4.69) is 25.6 Å². The average molecular weight is 436 g/mol. The van der Waals surface area contributed by atoms with Gasteiger partial charge in [-0.3, -0.25) is 0 Å². The maximum Gasteiger partial charge on any atom is 0.420 e. The van der Waals surface area contributed by atoms with Crippen LogP contribution in [0.15, 0.2) is 12.4 Å². The first kappa shape index (κ1) is 20.7. The second-order valence-electron chi connectivity index (χ2n) is 6.31. The van der Waals surface area contributed by atoms with Gasteiger partial charge in [0.1, 0.15) is 5.56 Å². The molecule has 154 valence electrons. The van der Waals surface area contributed by atoms with Gasteiger partial charge in [0, 0.05) is 38.6 Å². The van der Waals surface area contributed by atoms with Crippen LogP contribution in [0.25, 0.3) is 10.6 Å². The molecule has 0 radical (unpaired) electrons. The summed E-state index contributed by atoms with van der Waals surface area (Å²) in [5.41, 5.74) is -1.17. The van der Waals surface area contributed by atoms with Crippen molar-refractivity contribution < 1.29 is 21.6 Å². The number of hydrogen-bond donors (Lipinski definition) is 2. The van der Waals surface area contributed by atoms with Crippen molar-refractivity contribution in [1.82, 2.24) is 19.3 Å². The Labute approximate surface area is 164 Å². The van der Waals surface area contributed by atoms with Gasteiger partial charge in [-0.25, -0.2) is 27.7 Å². The zero-order valence-electron chi connectivity index (χ0n) is 15.1. The van der Waals surface area contributed by atoms with E-state index in [1.165, 1.54) is 10.5 Å². The van der Waals surface area contributed by atoms with Crippen LogP contribution >= 0.6 is 11.3 Å². The topological polar surface area (TPSA) is 100 Å². The maximum atomic E-state index is 13.4. The lowest BCUT2D eigenvalue weighted by Gasteiger charge is -2.30. The number of rotatable bonds is 5. The largest absolute Gasteiger partial charge is 0.420 e. The van der Waals surface area contributed by atoms with Crippen molar-refractivity contribution in [2.45, 2.75) is 25.1 Å². The molecule has 0 saturated carbocycles. The Balaban J connectivity index is 1.82. The molecule has 13 heteroatoms. The summed E-state index contributed by atoms with van der Waals surface area (Å²) in [5, 5.41) is 6.28. The molecule has 3 rings (SSSR count). The van der Waals surface area contributed by atoms with Crippen molar-refractivity contribution in [3.63, 3.8) is 0 Å². The van der Waals surface area contributed by atoms with Gasteiger partial charge in [-0.2, -0.15) is 13.2 Å². The molecule has 0 amide bonds. The number of thiazole rings is 1. The van der Waals surface area contributed by atoms with Gasteiger partial charge in [0.05, 0.1) is 16.8 Å². The fourth-order valence-electron chi connectivity index (χ4n) is 2.86. The Bertz CT molecular complexity index is 939. The van der Waals surface area contributed by atoms with Crippen LogP contribution in [-0.2, 0) is 16.2 Å². The summed E-state index contributed by atoms with van der Waals surface area (Å²) in [5.74, 6) is 0.0696. The Morgan fingerprint density at radius 2 is 1.89 bits per heavy atom. The molecular formula is C15H19F3N6O2S2. The molecule has 0 unspecified atom stereocenters. The number of nitrogens with zero attached hydrogens (tertiary/aromatic N) is 4. The SMILES string of the molecule is CNc1ncc(-c2nc(NC3CCN(S(C)(=O)=O)CC3)ncc2C(F)(F)F)s1. The number of piperidine rings is 1. The molecule has 3 heterocycles. The minimum absolute atomic E-state index is 0.0696. The van der Waals surface area contributed by atoms with E-state index in [9.17, 15) is 21.6 Å². The van der Waals surface area contributed by atoms with Crippen LogP contribution in [0.1, 0.15) is 18.4 Å². The molecule has 0 aromatic carbocycles. The molecule has 8 nitrogen and oxygen atoms in total. The lowest BCUT2D eigenvalue weighted by molar-refractivity contribution is -0.137. The van der Waals surface area contributed by atoms with Crippen LogP contribution in [-0.4, -0.2) is 60.1 Å². The standard InChI is InChI=1S/C15H19F3N6O2S2/c1-19-14-21-8-11(27-14)12-10(15(16,17)18)7-20-13(23-12)22-9-3-5-24(6-4-9)28(2,25)26/h7-9H,3-6H2,1-2H3,(H,19,21)(H,20,22,23). The van der Waals surface area contributed by atoms with Gasteiger partial charge in [-0.1, -0.05) is 11.3 Å². The highest BCUT2D eigenvalue weighted by molar-refractivity contribution is 7.88. The van der Waals surface area contributed by atoms with Crippen LogP contribution in [0.5, 0.6) is 0 Å². The van der Waals surface area contributed by atoms with E-state index in [4.69, 9.17) is 0 Å². The molecule has 2 N–H and O–H groups in total. The number of halogens is 3. The minimum atomic E-state index is -4.60. The number of alkyl halides is 3. The van der Waals surface area contributed by atoms with Gasteiger partial charge in [-0.05, 0) is 12.8 Å². The van der Waals surface area contributed by atoms with Gasteiger partial charge in [0.15, 0.2) is 5.13 Å². The third-order valence-corrected chi connectivity index (χ3v) is 6.63. The summed E-state index contributed by atoms with van der Waals surface area (Å²) in [6.07, 6.45) is -0.328. The van der Waals surface area contributed by atoms with Gasteiger partial charge in [0.25, 0.3) is 0 Å². The Hall–Kier alpha value is -1.99. The van der Waals surface area contributed by atoms with E-state index in [0.29, 0.717) is 31.1 Å². The summed E-state index contributed by atoms with van der Waals surface area (Å²) < 4.78 is 64.6. The molecule has 1 aliphatic rings. The molecule has 1 saturated heterocycles. The van der Waals surface area contributed by atoms with Crippen LogP contribution < -0.4 is 10.6 Å². The van der Waals surface area contributed by atoms with Gasteiger partial charge < -0.3 is 10.6 Å². The van der Waals surface area contributed by atoms with Crippen molar-refractivity contribution in [2.75, 3.05) is 37.0 Å². The van der Waals surface area contributed by atoms with Crippen molar-refractivity contribution in [1.29, 1.82) is 0 Å². The van der Waals surface area contributed by atoms with Crippen LogP contribution in [0.2, 0.25) is 0 Å². The molecule has 2 aromatic rings. The van der Waals surface area contributed by atoms with Crippen LogP contribution in [0.3, 0.4) is 0 Å². The fraction of sp³-hybridized carbons (Fsp3) is 0.533. The van der Waals surface area contributed by atoms with E-state index < -0.39 is 21.8 Å². The summed E-state index contributed by atoms with van der Waals surface area (Å²) in [7, 11) is -1.62. The molecule has 0 atom stereocenters. The van der Waals surface area contributed by atoms with Gasteiger partial charge in [-0.15, -0.1) is 0 Å². The van der Waals surface area contributed by atoms with Crippen molar-refractivity contribution >= 4 is 32.4 Å². The highest BCUT2D eigenvalue weighted by atomic mass is 32.2. The number of aromatic nitrogens is 3. The monoisotopic (exact) mass is 436 g/mol. The number of hydrogen-bond acceptors (Lipinski definition) is 8. The fourth-order valence-corrected chi connectivity index (χ4v) is 4.51. The Morgan fingerprint density at radius 3 is 2.43 bits per heavy atom. The van der Waals surface area contributed by atoms with Crippen molar-refractivity contribution in [2.24, 2.45) is 0 Å². The molecule has 0 spiro atoms. The second-order valence-corrected chi connectivity index (χ2v) is 9.33. The third-order valence-electron chi connectivity index (χ3n) is 4.30. The average Bonchev–Trinajstić information content (AvgIpc) is 3.09. The van der Waals surface area contributed by atoms with E-state index in [0.717, 1.165) is 23.8 Å². The van der Waals surface area contributed by atoms with Gasteiger partial charge in [0.2, 0.25) is 16.0 Å². The molecule has 2 aromatic heterocycles. The second kappa shape index (κ2) is 7.79. The summed E-state index contributed by atoms with van der Waals surface area (Å²) in [6, 6.07) is -0.128. The first-order valence-corrected chi connectivity index (χ1v) is 11.0. The zero-order chi connectivity index (χ0) is 20.5. The van der Waals surface area contributed by atoms with Crippen molar-refractivity contribution in [3.8, 4) is 10.6 Å². The smallest absolute Gasteiger partial charge is 0.365 e. The number of sulfonamides is 1. The Kier molecular flexibility index (Phi) is 5.77. The molecule has 0 bridgehead atoms. The van der Waals surface area contributed by atoms with Gasteiger partial charge >= 0.3 is 6.18 Å². The first-order valence-electron chi connectivity index (χ1n) is 8.38. The first-order chi connectivity index (χ1) is 13.1. The third kappa shape index (κ3) is 4.70. The Morgan fingerprint density at radius 1 is 1.21 bits per heavy atom. The highest BCUT2D eigenvalue weighted by Crippen LogP contribution is 2.38. The van der Waals surface area contributed by atoms with E-state index in [-0.39, 0.29) is 22.6 Å². The quantitative estimate of drug-likeness (QED) is 0.743. The maximum absolute atomic E-state index is 13.4. The summed E-state index contributed by atoms with van der Waals surface area (Å²) in [6.45, 7) is 0.675.